The van der Waals surface area contributed by atoms with E-state index >= 15 is 0 Å². The van der Waals surface area contributed by atoms with Crippen molar-refractivity contribution >= 4 is 24.3 Å². The van der Waals surface area contributed by atoms with Crippen LogP contribution in [0.2, 0.25) is 0 Å². The Kier molecular flexibility index (Phi) is 9.93. The topological polar surface area (TPSA) is 84.7 Å². The van der Waals surface area contributed by atoms with Crippen molar-refractivity contribution in [2.24, 2.45) is 11.7 Å². The van der Waals surface area contributed by atoms with Crippen LogP contribution in [0.25, 0.3) is 0 Å². The van der Waals surface area contributed by atoms with E-state index in [0.717, 1.165) is 11.9 Å². The van der Waals surface area contributed by atoms with Crippen LogP contribution in [0.3, 0.4) is 0 Å². The fourth-order valence-corrected chi connectivity index (χ4v) is 2.78. The van der Waals surface area contributed by atoms with Crippen molar-refractivity contribution < 1.29 is 27.5 Å². The molecule has 0 aliphatic rings. The number of nitrogens with two attached hydrogens (primary N) is 1. The third-order valence-electron chi connectivity index (χ3n) is 2.45. The summed E-state index contributed by atoms with van der Waals surface area (Å²) in [6, 6.07) is 0. The lowest BCUT2D eigenvalue weighted by molar-refractivity contribution is -0.324. The highest BCUT2D eigenvalue weighted by atomic mass is 32.2. The molecule has 10 heteroatoms. The Morgan fingerprint density at radius 1 is 1.43 bits per heavy atom. The average Bonchev–Trinajstić information content (AvgIpc) is 2.34. The average molecular weight is 357 g/mol. The minimum absolute atomic E-state index is 0.0106. The van der Waals surface area contributed by atoms with Gasteiger partial charge in [0.05, 0.1) is 13.0 Å². The lowest BCUT2D eigenvalue weighted by atomic mass is 10.1. The van der Waals surface area contributed by atoms with E-state index in [4.69, 9.17) is 5.73 Å². The smallest absolute Gasteiger partial charge is 0.369 e. The molecule has 134 valence electrons. The fraction of sp³-hybridized carbons (Fsp3) is 0.692. The second-order valence-electron chi connectivity index (χ2n) is 5.14. The molecule has 2 amide bonds. The Bertz CT molecular complexity index is 428. The number of allylic oxidation sites excluding steroid dienone is 1. The number of nitrogens with one attached hydrogen (secondary N) is 1. The summed E-state index contributed by atoms with van der Waals surface area (Å²) in [6.45, 7) is 3.37. The van der Waals surface area contributed by atoms with Gasteiger partial charge < -0.3 is 11.1 Å². The zero-order valence-corrected chi connectivity index (χ0v) is 14.1. The highest BCUT2D eigenvalue weighted by Gasteiger charge is 2.28. The van der Waals surface area contributed by atoms with Crippen molar-refractivity contribution in [1.29, 1.82) is 0 Å². The highest BCUT2D eigenvalue weighted by Crippen LogP contribution is 2.29. The van der Waals surface area contributed by atoms with Crippen LogP contribution in [0.4, 0.5) is 13.2 Å². The molecule has 6 nitrogen and oxygen atoms in total. The Balaban J connectivity index is 4.92. The number of hydrogen-bond donors (Lipinski definition) is 2. The van der Waals surface area contributed by atoms with Gasteiger partial charge in [-0.25, -0.2) is 4.31 Å². The molecule has 0 atom stereocenters. The van der Waals surface area contributed by atoms with Gasteiger partial charge in [0.1, 0.15) is 0 Å². The van der Waals surface area contributed by atoms with Gasteiger partial charge in [0.2, 0.25) is 12.3 Å². The van der Waals surface area contributed by atoms with Crippen LogP contribution < -0.4 is 11.1 Å². The minimum Gasteiger partial charge on any atom is -0.369 e. The SMILES string of the molecule is CC(C)C/C(SN(C)CCOC(F)(F)F)=C(\CC(N)=O)NC=O. The molecule has 0 bridgehead atoms. The summed E-state index contributed by atoms with van der Waals surface area (Å²) in [5.41, 5.74) is 5.51. The standard InChI is InChI=1S/C13H22F3N3O3S/c1-9(2)6-11(10(18-8-20)7-12(17)21)23-19(3)4-5-22-13(14,15)16/h8-9H,4-7H2,1-3H3,(H2,17,21)(H,18,20)/b11-10-. The van der Waals surface area contributed by atoms with Crippen molar-refractivity contribution in [2.75, 3.05) is 20.2 Å². The van der Waals surface area contributed by atoms with Gasteiger partial charge in [-0.15, -0.1) is 13.2 Å². The Hall–Kier alpha value is -1.26. The minimum atomic E-state index is -4.67. The van der Waals surface area contributed by atoms with Crippen molar-refractivity contribution in [2.45, 2.75) is 33.1 Å². The van der Waals surface area contributed by atoms with E-state index in [2.05, 4.69) is 10.1 Å². The number of alkyl halides is 3. The molecule has 23 heavy (non-hydrogen) atoms. The lowest BCUT2D eigenvalue weighted by Gasteiger charge is -2.21. The van der Waals surface area contributed by atoms with Gasteiger partial charge in [-0.2, -0.15) is 0 Å². The monoisotopic (exact) mass is 357 g/mol. The maximum absolute atomic E-state index is 12.0. The first-order valence-corrected chi connectivity index (χ1v) is 7.62. The zero-order chi connectivity index (χ0) is 18.0. The van der Waals surface area contributed by atoms with Crippen molar-refractivity contribution in [3.63, 3.8) is 0 Å². The van der Waals surface area contributed by atoms with Crippen LogP contribution in [0.1, 0.15) is 26.7 Å². The summed E-state index contributed by atoms with van der Waals surface area (Å²) in [7, 11) is 1.59. The van der Waals surface area contributed by atoms with Gasteiger partial charge >= 0.3 is 6.36 Å². The number of ether oxygens (including phenoxy) is 1. The molecule has 0 radical (unpaired) electrons. The van der Waals surface area contributed by atoms with Gasteiger partial charge in [-0.05, 0) is 31.3 Å². The second-order valence-corrected chi connectivity index (χ2v) is 6.44. The van der Waals surface area contributed by atoms with Gasteiger partial charge in [0.15, 0.2) is 0 Å². The van der Waals surface area contributed by atoms with Crippen LogP contribution in [0.15, 0.2) is 10.6 Å². The first kappa shape index (κ1) is 21.7. The summed E-state index contributed by atoms with van der Waals surface area (Å²) in [5.74, 6) is -0.395. The summed E-state index contributed by atoms with van der Waals surface area (Å²) in [4.78, 5) is 22.5. The summed E-state index contributed by atoms with van der Waals surface area (Å²) < 4.78 is 41.1. The van der Waals surface area contributed by atoms with Crippen molar-refractivity contribution in [3.05, 3.63) is 10.6 Å². The third-order valence-corrected chi connectivity index (χ3v) is 3.58. The molecular formula is C13H22F3N3O3S. The maximum atomic E-state index is 12.0. The number of halogens is 3. The molecule has 0 fully saturated rings. The van der Waals surface area contributed by atoms with Gasteiger partial charge in [-0.1, -0.05) is 13.8 Å². The summed E-state index contributed by atoms with van der Waals surface area (Å²) in [5, 5.41) is 2.44. The van der Waals surface area contributed by atoms with Crippen molar-refractivity contribution in [3.8, 4) is 0 Å². The fourth-order valence-electron chi connectivity index (χ4n) is 1.59. The predicted molar refractivity (Wildman–Crippen MR) is 81.7 cm³/mol. The number of primary amides is 1. The van der Waals surface area contributed by atoms with Crippen molar-refractivity contribution in [1.82, 2.24) is 9.62 Å². The Morgan fingerprint density at radius 3 is 2.48 bits per heavy atom. The quantitative estimate of drug-likeness (QED) is 0.436. The summed E-state index contributed by atoms with van der Waals surface area (Å²) >= 11 is 1.15. The van der Waals surface area contributed by atoms with E-state index in [9.17, 15) is 22.8 Å². The molecule has 0 heterocycles. The van der Waals surface area contributed by atoms with E-state index in [1.807, 2.05) is 13.8 Å². The van der Waals surface area contributed by atoms with Crippen LogP contribution in [-0.2, 0) is 14.3 Å². The zero-order valence-electron chi connectivity index (χ0n) is 13.3. The number of carbonyl (C=O) groups is 2. The van der Waals surface area contributed by atoms with Crippen LogP contribution in [-0.4, -0.2) is 43.2 Å². The van der Waals surface area contributed by atoms with Gasteiger partial charge in [0, 0.05) is 17.1 Å². The number of nitrogens with zero attached hydrogens (tertiary/aromatic N) is 1. The van der Waals surface area contributed by atoms with Crippen LogP contribution in [0, 0.1) is 5.92 Å². The molecule has 0 aromatic heterocycles. The molecule has 0 aliphatic heterocycles. The van der Waals surface area contributed by atoms with E-state index in [1.54, 1.807) is 7.05 Å². The maximum Gasteiger partial charge on any atom is 0.522 e. The Labute approximate surface area is 137 Å². The van der Waals surface area contributed by atoms with E-state index in [1.165, 1.54) is 4.31 Å². The first-order chi connectivity index (χ1) is 10.5. The third kappa shape index (κ3) is 11.9. The second kappa shape index (κ2) is 10.5. The first-order valence-electron chi connectivity index (χ1n) is 6.85. The predicted octanol–water partition coefficient (Wildman–Crippen LogP) is 1.98. The largest absolute Gasteiger partial charge is 0.522 e. The van der Waals surface area contributed by atoms with Crippen LogP contribution >= 0.6 is 11.9 Å². The summed E-state index contributed by atoms with van der Waals surface area (Å²) in [6.07, 6.45) is -3.84. The van der Waals surface area contributed by atoms with Gasteiger partial charge in [0.25, 0.3) is 0 Å². The molecule has 0 unspecified atom stereocenters. The molecule has 0 aromatic carbocycles. The molecular weight excluding hydrogens is 335 g/mol. The molecule has 0 saturated carbocycles. The van der Waals surface area contributed by atoms with E-state index in [0.29, 0.717) is 23.4 Å². The van der Waals surface area contributed by atoms with Gasteiger partial charge in [-0.3, -0.25) is 14.3 Å². The lowest BCUT2D eigenvalue weighted by Crippen LogP contribution is -2.24. The molecule has 0 saturated heterocycles. The molecule has 0 spiro atoms. The number of rotatable bonds is 11. The van der Waals surface area contributed by atoms with E-state index < -0.39 is 18.9 Å². The number of amides is 2. The molecule has 0 aromatic rings. The van der Waals surface area contributed by atoms with Crippen LogP contribution in [0.5, 0.6) is 0 Å². The molecule has 0 rings (SSSR count). The number of carbonyl (C=O) groups excluding carboxylic acids is 2. The number of likely N-dealkylation sites (N-methyl/N-ethyl adjacent to an activating group) is 1. The Morgan fingerprint density at radius 2 is 2.04 bits per heavy atom. The molecule has 3 N–H and O–H groups in total. The number of hydrogen-bond acceptors (Lipinski definition) is 5. The molecule has 0 aliphatic carbocycles. The highest BCUT2D eigenvalue weighted by molar-refractivity contribution is 8.00. The normalized spacial score (nSPS) is 13.2. The van der Waals surface area contributed by atoms with E-state index in [-0.39, 0.29) is 18.9 Å².